The van der Waals surface area contributed by atoms with Crippen molar-refractivity contribution in [2.45, 2.75) is 46.5 Å². The van der Waals surface area contributed by atoms with Gasteiger partial charge in [-0.25, -0.2) is 9.78 Å². The zero-order valence-corrected chi connectivity index (χ0v) is 20.0. The Morgan fingerprint density at radius 1 is 1.17 bits per heavy atom. The zero-order chi connectivity index (χ0) is 21.8. The number of carbonyl (C=O) groups excluding carboxylic acids is 2. The van der Waals surface area contributed by atoms with Crippen molar-refractivity contribution in [2.75, 3.05) is 30.8 Å². The molecule has 2 heterocycles. The van der Waals surface area contributed by atoms with Crippen molar-refractivity contribution in [2.24, 2.45) is 0 Å². The highest BCUT2D eigenvalue weighted by Gasteiger charge is 2.27. The second-order valence-electron chi connectivity index (χ2n) is 6.90. The number of ether oxygens (including phenoxy) is 1. The Bertz CT molecular complexity index is 939. The van der Waals surface area contributed by atoms with E-state index in [0.29, 0.717) is 39.2 Å². The van der Waals surface area contributed by atoms with E-state index in [-0.39, 0.29) is 5.91 Å². The molecule has 7 nitrogen and oxygen atoms in total. The third-order valence-electron chi connectivity index (χ3n) is 5.07. The summed E-state index contributed by atoms with van der Waals surface area (Å²) in [6.45, 7) is 6.81. The molecule has 0 unspecified atom stereocenters. The third kappa shape index (κ3) is 4.65. The number of aromatic nitrogens is 1. The fourth-order valence-corrected chi connectivity index (χ4v) is 5.99. The van der Waals surface area contributed by atoms with Gasteiger partial charge in [-0.1, -0.05) is 0 Å². The van der Waals surface area contributed by atoms with Crippen LogP contribution in [-0.2, 0) is 17.6 Å². The molecule has 1 aliphatic rings. The van der Waals surface area contributed by atoms with E-state index >= 15 is 0 Å². The monoisotopic (exact) mass is 466 g/mol. The largest absolute Gasteiger partial charge is 0.465 e. The quantitative estimate of drug-likeness (QED) is 0.480. The van der Waals surface area contributed by atoms with Crippen LogP contribution < -0.4 is 10.6 Å². The van der Waals surface area contributed by atoms with E-state index in [4.69, 9.17) is 17.0 Å². The Morgan fingerprint density at radius 3 is 2.50 bits per heavy atom. The first-order valence-electron chi connectivity index (χ1n) is 9.97. The number of thiophene rings is 1. The summed E-state index contributed by atoms with van der Waals surface area (Å²) in [6, 6.07) is 0. The van der Waals surface area contributed by atoms with Crippen molar-refractivity contribution < 1.29 is 14.3 Å². The number of rotatable bonds is 6. The van der Waals surface area contributed by atoms with Crippen LogP contribution in [0.5, 0.6) is 0 Å². The second-order valence-corrected chi connectivity index (χ2v) is 9.42. The molecular formula is C20H26N4O3S3. The molecule has 0 atom stereocenters. The van der Waals surface area contributed by atoms with Crippen LogP contribution in [0.25, 0.3) is 0 Å². The summed E-state index contributed by atoms with van der Waals surface area (Å²) in [4.78, 5) is 33.5. The molecule has 2 aromatic heterocycles. The van der Waals surface area contributed by atoms with Crippen LogP contribution in [0.15, 0.2) is 0 Å². The van der Waals surface area contributed by atoms with Gasteiger partial charge in [0.25, 0.3) is 5.91 Å². The van der Waals surface area contributed by atoms with Crippen LogP contribution in [0.4, 0.5) is 10.1 Å². The number of nitrogens with one attached hydrogen (secondary N) is 2. The van der Waals surface area contributed by atoms with Crippen LogP contribution >= 0.6 is 34.9 Å². The average molecular weight is 467 g/mol. The molecule has 0 spiro atoms. The highest BCUT2D eigenvalue weighted by molar-refractivity contribution is 7.80. The number of nitrogens with zero attached hydrogens (tertiary/aromatic N) is 2. The number of carbonyl (C=O) groups is 2. The number of esters is 1. The SMILES string of the molecule is CCN(CC)C(=O)c1sc(NC(=S)Nc2nc3c(s2)CCCC3)c(C(=O)OC)c1C. The number of hydrogen-bond acceptors (Lipinski definition) is 7. The Kier molecular flexibility index (Phi) is 7.43. The molecule has 1 amide bonds. The van der Waals surface area contributed by atoms with Gasteiger partial charge < -0.3 is 20.3 Å². The first-order valence-corrected chi connectivity index (χ1v) is 12.0. The van der Waals surface area contributed by atoms with Crippen LogP contribution in [0.2, 0.25) is 0 Å². The molecule has 0 aliphatic heterocycles. The third-order valence-corrected chi connectivity index (χ3v) is 7.55. The molecule has 162 valence electrons. The molecule has 30 heavy (non-hydrogen) atoms. The van der Waals surface area contributed by atoms with Crippen LogP contribution in [-0.4, -0.2) is 47.1 Å². The first kappa shape index (κ1) is 22.6. The van der Waals surface area contributed by atoms with E-state index in [1.807, 2.05) is 13.8 Å². The van der Waals surface area contributed by atoms with E-state index in [0.717, 1.165) is 23.7 Å². The maximum absolute atomic E-state index is 12.9. The van der Waals surface area contributed by atoms with Gasteiger partial charge in [-0.15, -0.1) is 22.7 Å². The van der Waals surface area contributed by atoms with E-state index in [9.17, 15) is 9.59 Å². The predicted molar refractivity (Wildman–Crippen MR) is 126 cm³/mol. The number of methoxy groups -OCH3 is 1. The molecule has 10 heteroatoms. The van der Waals surface area contributed by atoms with Gasteiger partial charge in [0, 0.05) is 18.0 Å². The summed E-state index contributed by atoms with van der Waals surface area (Å²) in [5.41, 5.74) is 2.07. The van der Waals surface area contributed by atoms with E-state index in [2.05, 4.69) is 15.6 Å². The molecule has 2 aromatic rings. The molecular weight excluding hydrogens is 440 g/mol. The lowest BCUT2D eigenvalue weighted by Crippen LogP contribution is -2.30. The Hall–Kier alpha value is -2.04. The number of amides is 1. The topological polar surface area (TPSA) is 83.6 Å². The van der Waals surface area contributed by atoms with E-state index < -0.39 is 5.97 Å². The van der Waals surface area contributed by atoms with Crippen LogP contribution in [0, 0.1) is 6.92 Å². The standard InChI is InChI=1S/C20H26N4O3S3/c1-5-24(6-2)17(25)15-11(3)14(18(26)27-4)16(30-15)22-19(28)23-20-21-12-9-7-8-10-13(12)29-20/h5-10H2,1-4H3,(H2,21,22,23,28). The molecule has 1 aliphatic carbocycles. The number of thiazole rings is 1. The number of fused-ring (bicyclic) bond motifs is 1. The minimum absolute atomic E-state index is 0.104. The van der Waals surface area contributed by atoms with Gasteiger partial charge in [-0.2, -0.15) is 0 Å². The number of aryl methyl sites for hydroxylation is 2. The summed E-state index contributed by atoms with van der Waals surface area (Å²) in [5, 5.41) is 7.77. The smallest absolute Gasteiger partial charge is 0.341 e. The van der Waals surface area contributed by atoms with Gasteiger partial charge in [0.15, 0.2) is 10.2 Å². The molecule has 3 rings (SSSR count). The van der Waals surface area contributed by atoms with Crippen molar-refractivity contribution in [3.05, 3.63) is 26.6 Å². The minimum atomic E-state index is -0.502. The van der Waals surface area contributed by atoms with Gasteiger partial charge in [0.1, 0.15) is 5.00 Å². The molecule has 0 saturated heterocycles. The summed E-state index contributed by atoms with van der Waals surface area (Å²) < 4.78 is 4.95. The molecule has 0 saturated carbocycles. The average Bonchev–Trinajstić information content (AvgIpc) is 3.28. The predicted octanol–water partition coefficient (Wildman–Crippen LogP) is 4.47. The first-order chi connectivity index (χ1) is 14.4. The minimum Gasteiger partial charge on any atom is -0.465 e. The normalized spacial score (nSPS) is 12.8. The number of hydrogen-bond donors (Lipinski definition) is 2. The Balaban J connectivity index is 1.84. The molecule has 0 fully saturated rings. The van der Waals surface area contributed by atoms with Gasteiger partial charge in [-0.05, 0) is 64.2 Å². The van der Waals surface area contributed by atoms with Crippen molar-refractivity contribution in [3.8, 4) is 0 Å². The van der Waals surface area contributed by atoms with Crippen molar-refractivity contribution in [1.82, 2.24) is 9.88 Å². The van der Waals surface area contributed by atoms with Crippen LogP contribution in [0.1, 0.15) is 62.9 Å². The Labute approximate surface area is 189 Å². The van der Waals surface area contributed by atoms with E-state index in [1.165, 1.54) is 36.2 Å². The molecule has 0 radical (unpaired) electrons. The molecule has 2 N–H and O–H groups in total. The summed E-state index contributed by atoms with van der Waals surface area (Å²) >= 11 is 8.29. The number of anilines is 2. The van der Waals surface area contributed by atoms with Gasteiger partial charge in [0.05, 0.1) is 23.2 Å². The van der Waals surface area contributed by atoms with Crippen molar-refractivity contribution in [3.63, 3.8) is 0 Å². The second kappa shape index (κ2) is 9.84. The van der Waals surface area contributed by atoms with Gasteiger partial charge in [0.2, 0.25) is 0 Å². The van der Waals surface area contributed by atoms with E-state index in [1.54, 1.807) is 23.2 Å². The summed E-state index contributed by atoms with van der Waals surface area (Å²) in [6.07, 6.45) is 4.42. The molecule has 0 bridgehead atoms. The molecule has 0 aromatic carbocycles. The zero-order valence-electron chi connectivity index (χ0n) is 17.6. The van der Waals surface area contributed by atoms with Crippen molar-refractivity contribution in [1.29, 1.82) is 0 Å². The van der Waals surface area contributed by atoms with Gasteiger partial charge in [-0.3, -0.25) is 4.79 Å². The lowest BCUT2D eigenvalue weighted by molar-refractivity contribution is 0.0601. The van der Waals surface area contributed by atoms with Gasteiger partial charge >= 0.3 is 5.97 Å². The maximum Gasteiger partial charge on any atom is 0.341 e. The summed E-state index contributed by atoms with van der Waals surface area (Å²) in [5.74, 6) is -0.607. The van der Waals surface area contributed by atoms with Crippen molar-refractivity contribution >= 4 is 62.0 Å². The highest BCUT2D eigenvalue weighted by atomic mass is 32.1. The maximum atomic E-state index is 12.9. The number of thiocarbonyl (C=S) groups is 1. The van der Waals surface area contributed by atoms with Crippen LogP contribution in [0.3, 0.4) is 0 Å². The Morgan fingerprint density at radius 2 is 1.87 bits per heavy atom. The fourth-order valence-electron chi connectivity index (χ4n) is 3.44. The lowest BCUT2D eigenvalue weighted by Gasteiger charge is -2.17. The highest BCUT2D eigenvalue weighted by Crippen LogP contribution is 2.35. The lowest BCUT2D eigenvalue weighted by atomic mass is 10.0. The summed E-state index contributed by atoms with van der Waals surface area (Å²) in [7, 11) is 1.33. The fraction of sp³-hybridized carbons (Fsp3) is 0.500.